The van der Waals surface area contributed by atoms with Gasteiger partial charge in [0.2, 0.25) is 0 Å². The number of furan rings is 1. The van der Waals surface area contributed by atoms with Gasteiger partial charge in [0.25, 0.3) is 5.91 Å². The van der Waals surface area contributed by atoms with Gasteiger partial charge in [-0.2, -0.15) is 0 Å². The topological polar surface area (TPSA) is 62.9 Å². The van der Waals surface area contributed by atoms with Crippen molar-refractivity contribution in [1.82, 2.24) is 4.90 Å². The Morgan fingerprint density at radius 3 is 2.81 bits per heavy atom. The molecule has 2 fully saturated rings. The van der Waals surface area contributed by atoms with E-state index in [1.165, 1.54) is 5.56 Å². The van der Waals surface area contributed by atoms with Crippen molar-refractivity contribution in [2.45, 2.75) is 44.4 Å². The Kier molecular flexibility index (Phi) is 4.59. The highest BCUT2D eigenvalue weighted by atomic mass is 16.5. The van der Waals surface area contributed by atoms with Crippen LogP contribution in [0, 0.1) is 5.41 Å². The van der Waals surface area contributed by atoms with E-state index in [0.717, 1.165) is 25.7 Å². The fraction of sp³-hybridized carbons (Fsp3) is 0.476. The van der Waals surface area contributed by atoms with Crippen molar-refractivity contribution < 1.29 is 19.1 Å². The van der Waals surface area contributed by atoms with Crippen LogP contribution in [-0.4, -0.2) is 41.7 Å². The molecule has 1 N–H and O–H groups in total. The molecule has 2 bridgehead atoms. The van der Waals surface area contributed by atoms with Gasteiger partial charge in [-0.15, -0.1) is 0 Å². The van der Waals surface area contributed by atoms with Gasteiger partial charge >= 0.3 is 0 Å². The summed E-state index contributed by atoms with van der Waals surface area (Å²) in [5.74, 6) is 0.950. The average molecular weight is 355 g/mol. The SMILES string of the molecule is COCc1ccc(C(=O)N2[C@H]3CC[C@@H]2[C@@](CO)(Cc2ccccc2)C3)o1. The molecule has 3 atom stereocenters. The van der Waals surface area contributed by atoms with Gasteiger partial charge in [0.15, 0.2) is 5.76 Å². The van der Waals surface area contributed by atoms with Crippen LogP contribution in [0.25, 0.3) is 0 Å². The highest BCUT2D eigenvalue weighted by Crippen LogP contribution is 2.51. The zero-order valence-corrected chi connectivity index (χ0v) is 15.1. The zero-order valence-electron chi connectivity index (χ0n) is 15.1. The van der Waals surface area contributed by atoms with E-state index >= 15 is 0 Å². The lowest BCUT2D eigenvalue weighted by atomic mass is 9.70. The standard InChI is InChI=1S/C21H25NO4/c1-25-13-17-8-9-18(26-17)20(24)22-16-7-10-19(22)21(12-16,14-23)11-15-5-3-2-4-6-15/h2-6,8-9,16,19,23H,7,10-14H2,1H3/t16-,19+,21-/m0/s1. The minimum Gasteiger partial charge on any atom is -0.453 e. The number of rotatable bonds is 6. The average Bonchev–Trinajstić information content (AvgIpc) is 3.36. The highest BCUT2D eigenvalue weighted by molar-refractivity contribution is 5.92. The molecule has 0 spiro atoms. The van der Waals surface area contributed by atoms with Gasteiger partial charge in [-0.05, 0) is 43.4 Å². The van der Waals surface area contributed by atoms with Crippen LogP contribution >= 0.6 is 0 Å². The number of carbonyl (C=O) groups is 1. The molecule has 2 aliphatic heterocycles. The second kappa shape index (κ2) is 6.89. The van der Waals surface area contributed by atoms with E-state index in [0.29, 0.717) is 18.1 Å². The molecule has 0 radical (unpaired) electrons. The lowest BCUT2D eigenvalue weighted by Crippen LogP contribution is -2.43. The lowest BCUT2D eigenvalue weighted by Gasteiger charge is -2.36. The first kappa shape index (κ1) is 17.3. The fourth-order valence-corrected chi connectivity index (χ4v) is 4.86. The number of aliphatic hydroxyl groups excluding tert-OH is 1. The predicted molar refractivity (Wildman–Crippen MR) is 96.7 cm³/mol. The molecular formula is C21H25NO4. The minimum atomic E-state index is -0.262. The Morgan fingerprint density at radius 1 is 1.27 bits per heavy atom. The summed E-state index contributed by atoms with van der Waals surface area (Å²) in [5, 5.41) is 10.3. The predicted octanol–water partition coefficient (Wildman–Crippen LogP) is 3.02. The quantitative estimate of drug-likeness (QED) is 0.865. The number of methoxy groups -OCH3 is 1. The molecule has 2 saturated heterocycles. The number of fused-ring (bicyclic) bond motifs is 2. The lowest BCUT2D eigenvalue weighted by molar-refractivity contribution is 0.0542. The summed E-state index contributed by atoms with van der Waals surface area (Å²) in [6, 6.07) is 14.0. The number of amides is 1. The maximum absolute atomic E-state index is 13.1. The molecule has 3 heterocycles. The first-order chi connectivity index (χ1) is 12.7. The molecule has 4 rings (SSSR count). The number of ether oxygens (including phenoxy) is 1. The van der Waals surface area contributed by atoms with Crippen LogP contribution in [0.5, 0.6) is 0 Å². The van der Waals surface area contributed by atoms with E-state index in [2.05, 4.69) is 12.1 Å². The summed E-state index contributed by atoms with van der Waals surface area (Å²) < 4.78 is 10.7. The van der Waals surface area contributed by atoms with Gasteiger partial charge < -0.3 is 19.2 Å². The Bertz CT molecular complexity index is 771. The van der Waals surface area contributed by atoms with Crippen LogP contribution in [0.3, 0.4) is 0 Å². The summed E-state index contributed by atoms with van der Waals surface area (Å²) in [4.78, 5) is 15.1. The molecule has 0 saturated carbocycles. The van der Waals surface area contributed by atoms with Crippen LogP contribution in [0.15, 0.2) is 46.9 Å². The second-order valence-corrected chi connectivity index (χ2v) is 7.55. The molecule has 0 aliphatic carbocycles. The van der Waals surface area contributed by atoms with Crippen molar-refractivity contribution in [3.05, 3.63) is 59.5 Å². The zero-order chi connectivity index (χ0) is 18.1. The molecule has 5 heteroatoms. The Hall–Kier alpha value is -2.11. The van der Waals surface area contributed by atoms with Crippen molar-refractivity contribution in [1.29, 1.82) is 0 Å². The van der Waals surface area contributed by atoms with Crippen molar-refractivity contribution in [3.8, 4) is 0 Å². The van der Waals surface area contributed by atoms with Crippen molar-refractivity contribution in [3.63, 3.8) is 0 Å². The number of carbonyl (C=O) groups excluding carboxylic acids is 1. The van der Waals surface area contributed by atoms with Gasteiger partial charge in [0.1, 0.15) is 12.4 Å². The number of benzene rings is 1. The monoisotopic (exact) mass is 355 g/mol. The molecule has 0 unspecified atom stereocenters. The summed E-state index contributed by atoms with van der Waals surface area (Å²) in [5.41, 5.74) is 0.948. The molecule has 1 amide bonds. The van der Waals surface area contributed by atoms with E-state index < -0.39 is 0 Å². The second-order valence-electron chi connectivity index (χ2n) is 7.55. The van der Waals surface area contributed by atoms with Crippen molar-refractivity contribution in [2.24, 2.45) is 5.41 Å². The first-order valence-corrected chi connectivity index (χ1v) is 9.22. The van der Waals surface area contributed by atoms with Crippen LogP contribution < -0.4 is 0 Å². The third-order valence-electron chi connectivity index (χ3n) is 5.96. The Morgan fingerprint density at radius 2 is 2.08 bits per heavy atom. The van der Waals surface area contributed by atoms with Gasteiger partial charge in [-0.25, -0.2) is 0 Å². The molecular weight excluding hydrogens is 330 g/mol. The maximum atomic E-state index is 13.1. The number of nitrogens with zero attached hydrogens (tertiary/aromatic N) is 1. The van der Waals surface area contributed by atoms with Crippen LogP contribution in [0.1, 0.15) is 41.1 Å². The first-order valence-electron chi connectivity index (χ1n) is 9.22. The molecule has 2 aromatic rings. The van der Waals surface area contributed by atoms with Crippen molar-refractivity contribution in [2.75, 3.05) is 13.7 Å². The fourth-order valence-electron chi connectivity index (χ4n) is 4.86. The summed E-state index contributed by atoms with van der Waals surface area (Å²) in [6.45, 7) is 0.453. The van der Waals surface area contributed by atoms with E-state index in [-0.39, 0.29) is 30.0 Å². The minimum absolute atomic E-state index is 0.0566. The Balaban J connectivity index is 1.57. The molecule has 5 nitrogen and oxygen atoms in total. The van der Waals surface area contributed by atoms with Gasteiger partial charge in [-0.3, -0.25) is 4.79 Å². The normalized spacial score (nSPS) is 27.2. The molecule has 138 valence electrons. The Labute approximate surface area is 153 Å². The summed E-state index contributed by atoms with van der Waals surface area (Å²) in [7, 11) is 1.60. The number of hydrogen-bond acceptors (Lipinski definition) is 4. The molecule has 1 aromatic carbocycles. The van der Waals surface area contributed by atoms with E-state index in [1.807, 2.05) is 23.1 Å². The number of hydrogen-bond donors (Lipinski definition) is 1. The third kappa shape index (κ3) is 2.85. The van der Waals surface area contributed by atoms with E-state index in [9.17, 15) is 9.90 Å². The summed E-state index contributed by atoms with van der Waals surface area (Å²) in [6.07, 6.45) is 3.58. The molecule has 2 aliphatic rings. The smallest absolute Gasteiger partial charge is 0.290 e. The molecule has 26 heavy (non-hydrogen) atoms. The van der Waals surface area contributed by atoms with Crippen LogP contribution in [0.2, 0.25) is 0 Å². The number of aliphatic hydroxyl groups is 1. The highest BCUT2D eigenvalue weighted by Gasteiger charge is 2.57. The maximum Gasteiger partial charge on any atom is 0.290 e. The van der Waals surface area contributed by atoms with Gasteiger partial charge in [-0.1, -0.05) is 30.3 Å². The van der Waals surface area contributed by atoms with Crippen molar-refractivity contribution >= 4 is 5.91 Å². The molecule has 1 aromatic heterocycles. The third-order valence-corrected chi connectivity index (χ3v) is 5.96. The van der Waals surface area contributed by atoms with Gasteiger partial charge in [0.05, 0.1) is 6.61 Å². The van der Waals surface area contributed by atoms with Crippen LogP contribution in [-0.2, 0) is 17.8 Å². The van der Waals surface area contributed by atoms with E-state index in [1.54, 1.807) is 19.2 Å². The van der Waals surface area contributed by atoms with Gasteiger partial charge in [0, 0.05) is 24.6 Å². The summed E-state index contributed by atoms with van der Waals surface area (Å²) >= 11 is 0. The largest absolute Gasteiger partial charge is 0.453 e. The van der Waals surface area contributed by atoms with E-state index in [4.69, 9.17) is 9.15 Å². The van der Waals surface area contributed by atoms with Crippen LogP contribution in [0.4, 0.5) is 0 Å².